The number of hydrogen-bond donors (Lipinski definition) is 2. The number of carbonyl (C=O) groups excluding carboxylic acids is 1. The molecule has 2 aromatic rings. The van der Waals surface area contributed by atoms with E-state index < -0.39 is 5.69 Å². The van der Waals surface area contributed by atoms with Crippen molar-refractivity contribution in [2.45, 2.75) is 33.2 Å². The van der Waals surface area contributed by atoms with Gasteiger partial charge in [-0.05, 0) is 56.5 Å². The fourth-order valence-corrected chi connectivity index (χ4v) is 3.86. The van der Waals surface area contributed by atoms with Gasteiger partial charge < -0.3 is 9.72 Å². The molecule has 1 fully saturated rings. The second-order valence-corrected chi connectivity index (χ2v) is 7.18. The van der Waals surface area contributed by atoms with Crippen molar-refractivity contribution in [1.82, 2.24) is 14.9 Å². The number of aromatic nitrogens is 2. The Hall–Kier alpha value is -2.67. The first-order chi connectivity index (χ1) is 12.9. The van der Waals surface area contributed by atoms with Crippen molar-refractivity contribution in [3.8, 4) is 5.75 Å². The molecule has 0 unspecified atom stereocenters. The fourth-order valence-electron chi connectivity index (χ4n) is 3.86. The highest BCUT2D eigenvalue weighted by Crippen LogP contribution is 2.28. The van der Waals surface area contributed by atoms with Gasteiger partial charge in [0.1, 0.15) is 5.75 Å². The Balaban J connectivity index is 1.75. The number of carbonyl (C=O) groups is 1. The van der Waals surface area contributed by atoms with E-state index in [0.717, 1.165) is 36.3 Å². The van der Waals surface area contributed by atoms with Crippen LogP contribution in [-0.2, 0) is 6.54 Å². The first kappa shape index (κ1) is 19.1. The Morgan fingerprint density at radius 1 is 1.26 bits per heavy atom. The minimum atomic E-state index is -0.513. The molecule has 0 aliphatic carbocycles. The summed E-state index contributed by atoms with van der Waals surface area (Å²) in [5.41, 5.74) is 2.22. The van der Waals surface area contributed by atoms with E-state index in [1.54, 1.807) is 7.11 Å². The normalized spacial score (nSPS) is 17.7. The van der Waals surface area contributed by atoms with Gasteiger partial charge in [-0.2, -0.15) is 0 Å². The Morgan fingerprint density at radius 2 is 1.96 bits per heavy atom. The standard InChI is InChI=1S/C20H25N3O4/c1-12-7-15(8-13(2)18(12)27-3)17(24)14-5-4-6-23(10-14)11-16-9-21-20(26)22-19(16)25/h7-9,14H,4-6,10-11H2,1-3H3,(H2,21,22,25,26)/t14-/m0/s1. The molecule has 0 bridgehead atoms. The van der Waals surface area contributed by atoms with E-state index in [4.69, 9.17) is 4.74 Å². The van der Waals surface area contributed by atoms with Crippen LogP contribution in [-0.4, -0.2) is 40.9 Å². The maximum absolute atomic E-state index is 13.0. The number of rotatable bonds is 5. The van der Waals surface area contributed by atoms with Crippen LogP contribution < -0.4 is 16.0 Å². The molecule has 1 aromatic heterocycles. The average molecular weight is 371 g/mol. The lowest BCUT2D eigenvalue weighted by atomic mass is 9.88. The molecule has 2 N–H and O–H groups in total. The second-order valence-electron chi connectivity index (χ2n) is 7.18. The number of benzene rings is 1. The predicted molar refractivity (Wildman–Crippen MR) is 102 cm³/mol. The molecule has 27 heavy (non-hydrogen) atoms. The Bertz CT molecular complexity index is 937. The molecular formula is C20H25N3O4. The highest BCUT2D eigenvalue weighted by atomic mass is 16.5. The molecular weight excluding hydrogens is 346 g/mol. The second kappa shape index (κ2) is 7.92. The maximum Gasteiger partial charge on any atom is 0.325 e. The number of nitrogens with one attached hydrogen (secondary N) is 2. The summed E-state index contributed by atoms with van der Waals surface area (Å²) in [5, 5.41) is 0. The van der Waals surface area contributed by atoms with Crippen molar-refractivity contribution in [3.63, 3.8) is 0 Å². The Labute approximate surface area is 157 Å². The van der Waals surface area contributed by atoms with Crippen molar-refractivity contribution in [3.05, 3.63) is 61.4 Å². The molecule has 1 saturated heterocycles. The predicted octanol–water partition coefficient (Wildman–Crippen LogP) is 1.78. The first-order valence-electron chi connectivity index (χ1n) is 9.11. The third-order valence-corrected chi connectivity index (χ3v) is 5.12. The molecule has 3 rings (SSSR count). The number of hydrogen-bond acceptors (Lipinski definition) is 5. The topological polar surface area (TPSA) is 95.3 Å². The number of aryl methyl sites for hydroxylation is 2. The van der Waals surface area contributed by atoms with Crippen LogP contribution in [0.4, 0.5) is 0 Å². The van der Waals surface area contributed by atoms with E-state index in [9.17, 15) is 14.4 Å². The van der Waals surface area contributed by atoms with Crippen molar-refractivity contribution in [1.29, 1.82) is 0 Å². The van der Waals surface area contributed by atoms with Gasteiger partial charge in [0.25, 0.3) is 5.56 Å². The van der Waals surface area contributed by atoms with Gasteiger partial charge in [0.15, 0.2) is 5.78 Å². The maximum atomic E-state index is 13.0. The molecule has 2 heterocycles. The lowest BCUT2D eigenvalue weighted by Gasteiger charge is -2.31. The number of piperidine rings is 1. The number of methoxy groups -OCH3 is 1. The van der Waals surface area contributed by atoms with Crippen LogP contribution in [0, 0.1) is 19.8 Å². The summed E-state index contributed by atoms with van der Waals surface area (Å²) in [6.07, 6.45) is 3.18. The molecule has 0 saturated carbocycles. The number of likely N-dealkylation sites (tertiary alicyclic amines) is 1. The monoisotopic (exact) mass is 371 g/mol. The van der Waals surface area contributed by atoms with Gasteiger partial charge >= 0.3 is 5.69 Å². The third kappa shape index (κ3) is 4.19. The summed E-state index contributed by atoms with van der Waals surface area (Å²) in [7, 11) is 1.63. The SMILES string of the molecule is COc1c(C)cc(C(=O)[C@H]2CCCN(Cc3c[nH]c(=O)[nH]c3=O)C2)cc1C. The van der Waals surface area contributed by atoms with Gasteiger partial charge in [-0.3, -0.25) is 19.5 Å². The van der Waals surface area contributed by atoms with Crippen LogP contribution in [0.1, 0.15) is 39.9 Å². The molecule has 1 aliphatic heterocycles. The molecule has 0 spiro atoms. The summed E-state index contributed by atoms with van der Waals surface area (Å²) in [4.78, 5) is 42.9. The van der Waals surface area contributed by atoms with Crippen molar-refractivity contribution >= 4 is 5.78 Å². The minimum absolute atomic E-state index is 0.104. The van der Waals surface area contributed by atoms with Crippen molar-refractivity contribution in [2.24, 2.45) is 5.92 Å². The summed E-state index contributed by atoms with van der Waals surface area (Å²) in [5.74, 6) is 0.839. The van der Waals surface area contributed by atoms with Crippen LogP contribution in [0.25, 0.3) is 0 Å². The van der Waals surface area contributed by atoms with E-state index in [1.807, 2.05) is 26.0 Å². The van der Waals surface area contributed by atoms with Gasteiger partial charge in [-0.1, -0.05) is 0 Å². The van der Waals surface area contributed by atoms with Crippen LogP contribution in [0.3, 0.4) is 0 Å². The Kier molecular flexibility index (Phi) is 5.60. The number of aromatic amines is 2. The summed E-state index contributed by atoms with van der Waals surface area (Å²) in [6, 6.07) is 3.78. The molecule has 1 atom stereocenters. The van der Waals surface area contributed by atoms with Crippen molar-refractivity contribution < 1.29 is 9.53 Å². The minimum Gasteiger partial charge on any atom is -0.496 e. The molecule has 1 aliphatic rings. The average Bonchev–Trinajstić information content (AvgIpc) is 2.63. The molecule has 7 nitrogen and oxygen atoms in total. The quantitative estimate of drug-likeness (QED) is 0.781. The van der Waals surface area contributed by atoms with Gasteiger partial charge in [-0.15, -0.1) is 0 Å². The lowest BCUT2D eigenvalue weighted by molar-refractivity contribution is 0.0811. The first-order valence-corrected chi connectivity index (χ1v) is 9.11. The zero-order valence-electron chi connectivity index (χ0n) is 15.9. The zero-order chi connectivity index (χ0) is 19.6. The highest BCUT2D eigenvalue weighted by molar-refractivity contribution is 5.98. The number of ketones is 1. The summed E-state index contributed by atoms with van der Waals surface area (Å²) >= 11 is 0. The van der Waals surface area contributed by atoms with Crippen LogP contribution in [0.15, 0.2) is 27.9 Å². The van der Waals surface area contributed by atoms with Gasteiger partial charge in [-0.25, -0.2) is 4.79 Å². The van der Waals surface area contributed by atoms with E-state index in [0.29, 0.717) is 24.2 Å². The lowest BCUT2D eigenvalue weighted by Crippen LogP contribution is -2.40. The highest BCUT2D eigenvalue weighted by Gasteiger charge is 2.27. The van der Waals surface area contributed by atoms with Gasteiger partial charge in [0.2, 0.25) is 0 Å². The van der Waals surface area contributed by atoms with Gasteiger partial charge in [0, 0.05) is 36.3 Å². The van der Waals surface area contributed by atoms with Crippen molar-refractivity contribution in [2.75, 3.05) is 20.2 Å². The molecule has 1 aromatic carbocycles. The van der Waals surface area contributed by atoms with E-state index >= 15 is 0 Å². The number of Topliss-reactive ketones (excluding diaryl/α,β-unsaturated/α-hetero) is 1. The van der Waals surface area contributed by atoms with Gasteiger partial charge in [0.05, 0.1) is 7.11 Å². The van der Waals surface area contributed by atoms with E-state index in [1.165, 1.54) is 6.20 Å². The van der Waals surface area contributed by atoms with Crippen LogP contribution in [0.2, 0.25) is 0 Å². The van der Waals surface area contributed by atoms with E-state index in [2.05, 4.69) is 14.9 Å². The largest absolute Gasteiger partial charge is 0.496 e. The molecule has 0 radical (unpaired) electrons. The number of nitrogens with zero attached hydrogens (tertiary/aromatic N) is 1. The summed E-state index contributed by atoms with van der Waals surface area (Å²) < 4.78 is 5.38. The van der Waals surface area contributed by atoms with E-state index in [-0.39, 0.29) is 17.3 Å². The molecule has 7 heteroatoms. The zero-order valence-corrected chi connectivity index (χ0v) is 15.9. The fraction of sp³-hybridized carbons (Fsp3) is 0.450. The van der Waals surface area contributed by atoms with Crippen LogP contribution >= 0.6 is 0 Å². The Morgan fingerprint density at radius 3 is 2.59 bits per heavy atom. The van der Waals surface area contributed by atoms with Crippen LogP contribution in [0.5, 0.6) is 5.75 Å². The summed E-state index contributed by atoms with van der Waals surface area (Å²) in [6.45, 7) is 5.72. The third-order valence-electron chi connectivity index (χ3n) is 5.12. The smallest absolute Gasteiger partial charge is 0.325 e. The molecule has 144 valence electrons. The molecule has 0 amide bonds. The number of H-pyrrole nitrogens is 2. The number of ether oxygens (including phenoxy) is 1.